The molecule has 10 heteroatoms. The van der Waals surface area contributed by atoms with Crippen LogP contribution in [0.1, 0.15) is 75.2 Å². The Morgan fingerprint density at radius 3 is 2.40 bits per heavy atom. The number of ether oxygens (including phenoxy) is 1. The summed E-state index contributed by atoms with van der Waals surface area (Å²) < 4.78 is 5.81. The molecule has 0 spiro atoms. The van der Waals surface area contributed by atoms with Gasteiger partial charge in [0, 0.05) is 37.8 Å². The van der Waals surface area contributed by atoms with E-state index in [9.17, 15) is 19.2 Å². The van der Waals surface area contributed by atoms with Crippen molar-refractivity contribution in [3.8, 4) is 5.75 Å². The van der Waals surface area contributed by atoms with Crippen molar-refractivity contribution in [3.63, 3.8) is 0 Å². The Hall–Kier alpha value is -3.92. The summed E-state index contributed by atoms with van der Waals surface area (Å²) in [5.74, 6) is -0.497. The Balaban J connectivity index is 1.24. The van der Waals surface area contributed by atoms with Gasteiger partial charge in [-0.25, -0.2) is 0 Å². The molecule has 1 saturated carbocycles. The fourth-order valence-corrected chi connectivity index (χ4v) is 6.85. The Morgan fingerprint density at radius 1 is 0.979 bits per heavy atom. The molecule has 254 valence electrons. The first kappa shape index (κ1) is 34.4. The van der Waals surface area contributed by atoms with E-state index in [1.165, 1.54) is 5.56 Å². The number of para-hydroxylation sites is 1. The maximum Gasteiger partial charge on any atom is 0.258 e. The first-order chi connectivity index (χ1) is 22.6. The van der Waals surface area contributed by atoms with Gasteiger partial charge in [-0.1, -0.05) is 63.2 Å². The van der Waals surface area contributed by atoms with Crippen molar-refractivity contribution in [2.75, 3.05) is 39.8 Å². The Labute approximate surface area is 279 Å². The monoisotopic (exact) mass is 645 g/mol. The van der Waals surface area contributed by atoms with Crippen LogP contribution in [-0.2, 0) is 20.8 Å². The molecule has 0 unspecified atom stereocenters. The van der Waals surface area contributed by atoms with Crippen molar-refractivity contribution in [3.05, 3.63) is 65.7 Å². The molecule has 3 aliphatic rings. The molecule has 2 aliphatic heterocycles. The predicted octanol–water partition coefficient (Wildman–Crippen LogP) is 3.65. The van der Waals surface area contributed by atoms with E-state index < -0.39 is 18.0 Å². The molecular formula is C37H51N5O5. The molecule has 47 heavy (non-hydrogen) atoms. The molecule has 2 aromatic rings. The smallest absolute Gasteiger partial charge is 0.258 e. The number of likely N-dealkylation sites (N-methyl/N-ethyl adjacent to an activating group) is 1. The quantitative estimate of drug-likeness (QED) is 0.344. The first-order valence-corrected chi connectivity index (χ1v) is 17.3. The summed E-state index contributed by atoms with van der Waals surface area (Å²) in [6, 6.07) is 15.9. The van der Waals surface area contributed by atoms with Crippen molar-refractivity contribution in [2.24, 2.45) is 5.92 Å². The number of carbonyl (C=O) groups excluding carboxylic acids is 4. The second kappa shape index (κ2) is 15.3. The molecule has 2 aromatic carbocycles. The molecule has 2 saturated heterocycles. The van der Waals surface area contributed by atoms with Gasteiger partial charge in [0.25, 0.3) is 11.8 Å². The van der Waals surface area contributed by atoms with E-state index in [2.05, 4.69) is 41.6 Å². The number of piperazine rings is 1. The van der Waals surface area contributed by atoms with Crippen LogP contribution in [0.4, 0.5) is 0 Å². The standard InChI is InChI=1S/C37H51N5O5/c1-5-37(17-18-37)39-33(43)25-47-32-16-10-9-14-29(32)34(44)38-30(22-26(2)3)35(45)42-19-11-15-31(42)36(46)41-21-20-40(4)28(24-41)23-27-12-7-6-8-13-27/h6-10,12-14,16,26,28,30-31H,5,11,15,17-25H2,1-4H3,(H,38,44)(H,39,43)/t28-,30-,31+/m0/s1. The molecule has 0 aromatic heterocycles. The molecule has 3 atom stereocenters. The van der Waals surface area contributed by atoms with Crippen LogP contribution >= 0.6 is 0 Å². The summed E-state index contributed by atoms with van der Waals surface area (Å²) in [5.41, 5.74) is 1.38. The minimum absolute atomic E-state index is 0.00953. The molecule has 10 nitrogen and oxygen atoms in total. The van der Waals surface area contributed by atoms with Crippen LogP contribution in [0.3, 0.4) is 0 Å². The minimum Gasteiger partial charge on any atom is -0.483 e. The summed E-state index contributed by atoms with van der Waals surface area (Å²) in [6.45, 7) is 8.37. The van der Waals surface area contributed by atoms with E-state index in [0.717, 1.165) is 38.6 Å². The van der Waals surface area contributed by atoms with E-state index in [1.807, 2.05) is 36.9 Å². The summed E-state index contributed by atoms with van der Waals surface area (Å²) in [4.78, 5) is 60.2. The summed E-state index contributed by atoms with van der Waals surface area (Å²) in [6.07, 6.45) is 5.44. The Bertz CT molecular complexity index is 1410. The van der Waals surface area contributed by atoms with Gasteiger partial charge < -0.3 is 25.2 Å². The van der Waals surface area contributed by atoms with Crippen LogP contribution < -0.4 is 15.4 Å². The highest BCUT2D eigenvalue weighted by molar-refractivity contribution is 6.00. The summed E-state index contributed by atoms with van der Waals surface area (Å²) in [7, 11) is 2.10. The largest absolute Gasteiger partial charge is 0.483 e. The lowest BCUT2D eigenvalue weighted by molar-refractivity contribution is -0.146. The molecule has 4 amide bonds. The topological polar surface area (TPSA) is 111 Å². The van der Waals surface area contributed by atoms with Gasteiger partial charge >= 0.3 is 0 Å². The average Bonchev–Trinajstić information content (AvgIpc) is 3.66. The number of carbonyl (C=O) groups is 4. The van der Waals surface area contributed by atoms with Crippen molar-refractivity contribution < 1.29 is 23.9 Å². The highest BCUT2D eigenvalue weighted by atomic mass is 16.5. The fraction of sp³-hybridized carbons (Fsp3) is 0.568. The normalized spacial score (nSPS) is 21.3. The SMILES string of the molecule is CCC1(NC(=O)COc2ccccc2C(=O)N[C@@H](CC(C)C)C(=O)N2CCC[C@@H]2C(=O)N2CCN(C)[C@@H](Cc3ccccc3)C2)CC1. The molecule has 2 heterocycles. The summed E-state index contributed by atoms with van der Waals surface area (Å²) >= 11 is 0. The number of nitrogens with one attached hydrogen (secondary N) is 2. The molecule has 0 bridgehead atoms. The van der Waals surface area contributed by atoms with Crippen LogP contribution in [0.15, 0.2) is 54.6 Å². The highest BCUT2D eigenvalue weighted by Crippen LogP contribution is 2.38. The van der Waals surface area contributed by atoms with Crippen LogP contribution in [0.25, 0.3) is 0 Å². The maximum atomic E-state index is 14.1. The van der Waals surface area contributed by atoms with Crippen molar-refractivity contribution in [2.45, 2.75) is 89.4 Å². The molecule has 0 radical (unpaired) electrons. The molecule has 2 N–H and O–H groups in total. The third-order valence-corrected chi connectivity index (χ3v) is 9.96. The van der Waals surface area contributed by atoms with Crippen molar-refractivity contribution >= 4 is 23.6 Å². The molecule has 3 fully saturated rings. The highest BCUT2D eigenvalue weighted by Gasteiger charge is 2.43. The van der Waals surface area contributed by atoms with E-state index in [-0.39, 0.29) is 53.1 Å². The van der Waals surface area contributed by atoms with Gasteiger partial charge in [-0.2, -0.15) is 0 Å². The number of benzene rings is 2. The van der Waals surface area contributed by atoms with Crippen LogP contribution in [0.5, 0.6) is 5.75 Å². The summed E-state index contributed by atoms with van der Waals surface area (Å²) in [5, 5.41) is 6.00. The van der Waals surface area contributed by atoms with Crippen LogP contribution in [0, 0.1) is 5.92 Å². The second-order valence-electron chi connectivity index (χ2n) is 13.9. The number of likely N-dealkylation sites (tertiary alicyclic amines) is 1. The van der Waals surface area contributed by atoms with Gasteiger partial charge in [0.15, 0.2) is 6.61 Å². The van der Waals surface area contributed by atoms with Gasteiger partial charge in [-0.3, -0.25) is 24.1 Å². The van der Waals surface area contributed by atoms with Gasteiger partial charge in [0.1, 0.15) is 17.8 Å². The van der Waals surface area contributed by atoms with Crippen LogP contribution in [0.2, 0.25) is 0 Å². The number of nitrogens with zero attached hydrogens (tertiary/aromatic N) is 3. The number of amides is 4. The lowest BCUT2D eigenvalue weighted by Gasteiger charge is -2.41. The lowest BCUT2D eigenvalue weighted by atomic mass is 10.0. The molecular weight excluding hydrogens is 594 g/mol. The third-order valence-electron chi connectivity index (χ3n) is 9.96. The van der Waals surface area contributed by atoms with Gasteiger partial charge in [0.05, 0.1) is 5.56 Å². The zero-order valence-corrected chi connectivity index (χ0v) is 28.4. The number of rotatable bonds is 13. The van der Waals surface area contributed by atoms with E-state index in [4.69, 9.17) is 4.74 Å². The average molecular weight is 646 g/mol. The van der Waals surface area contributed by atoms with E-state index in [0.29, 0.717) is 32.5 Å². The second-order valence-corrected chi connectivity index (χ2v) is 13.9. The van der Waals surface area contributed by atoms with Gasteiger partial charge in [0.2, 0.25) is 11.8 Å². The third kappa shape index (κ3) is 8.71. The maximum absolute atomic E-state index is 14.1. The van der Waals surface area contributed by atoms with Crippen molar-refractivity contribution in [1.82, 2.24) is 25.3 Å². The van der Waals surface area contributed by atoms with E-state index >= 15 is 0 Å². The Kier molecular flexibility index (Phi) is 11.2. The Morgan fingerprint density at radius 2 is 1.70 bits per heavy atom. The first-order valence-electron chi connectivity index (χ1n) is 17.3. The number of hydrogen-bond donors (Lipinski definition) is 2. The van der Waals surface area contributed by atoms with Gasteiger partial charge in [-0.15, -0.1) is 0 Å². The van der Waals surface area contributed by atoms with Gasteiger partial charge in [-0.05, 0) is 75.6 Å². The van der Waals surface area contributed by atoms with Crippen LogP contribution in [-0.4, -0.2) is 102 Å². The zero-order valence-electron chi connectivity index (χ0n) is 28.4. The fourth-order valence-electron chi connectivity index (χ4n) is 6.85. The predicted molar refractivity (Wildman–Crippen MR) is 181 cm³/mol. The molecule has 5 rings (SSSR count). The van der Waals surface area contributed by atoms with Crippen molar-refractivity contribution in [1.29, 1.82) is 0 Å². The van der Waals surface area contributed by atoms with E-state index in [1.54, 1.807) is 29.2 Å². The minimum atomic E-state index is -0.801. The zero-order chi connectivity index (χ0) is 33.6. The number of hydrogen-bond acceptors (Lipinski definition) is 6. The lowest BCUT2D eigenvalue weighted by Crippen LogP contribution is -2.59. The molecule has 1 aliphatic carbocycles.